The third-order valence-electron chi connectivity index (χ3n) is 3.29. The van der Waals surface area contributed by atoms with Crippen LogP contribution >= 0.6 is 22.9 Å². The van der Waals surface area contributed by atoms with Gasteiger partial charge in [0.1, 0.15) is 10.8 Å². The number of rotatable bonds is 5. The van der Waals surface area contributed by atoms with Crippen molar-refractivity contribution in [2.75, 3.05) is 10.6 Å². The van der Waals surface area contributed by atoms with E-state index in [0.29, 0.717) is 21.4 Å². The van der Waals surface area contributed by atoms with Crippen molar-refractivity contribution >= 4 is 46.3 Å². The number of nitrogens with one attached hydrogen (secondary N) is 3. The summed E-state index contributed by atoms with van der Waals surface area (Å²) in [6.07, 6.45) is 0. The number of halogens is 2. The Morgan fingerprint density at radius 1 is 1.04 bits per heavy atom. The molecule has 1 aromatic heterocycles. The zero-order valence-electron chi connectivity index (χ0n) is 13.7. The Morgan fingerprint density at radius 3 is 2.52 bits per heavy atom. The van der Waals surface area contributed by atoms with Crippen LogP contribution in [0.15, 0.2) is 48.5 Å². The number of hydrogen-bond acceptors (Lipinski definition) is 5. The van der Waals surface area contributed by atoms with Crippen molar-refractivity contribution < 1.29 is 14.0 Å². The summed E-state index contributed by atoms with van der Waals surface area (Å²) in [5.41, 5.74) is 0.920. The molecule has 0 spiro atoms. The van der Waals surface area contributed by atoms with Crippen LogP contribution in [0.25, 0.3) is 0 Å². The number of amides is 3. The molecule has 0 bridgehead atoms. The van der Waals surface area contributed by atoms with Gasteiger partial charge in [-0.15, -0.1) is 10.2 Å². The van der Waals surface area contributed by atoms with Gasteiger partial charge in [-0.05, 0) is 36.4 Å². The first-order chi connectivity index (χ1) is 13.0. The highest BCUT2D eigenvalue weighted by molar-refractivity contribution is 7.13. The highest BCUT2D eigenvalue weighted by atomic mass is 35.5. The predicted octanol–water partition coefficient (Wildman–Crippen LogP) is 3.90. The summed E-state index contributed by atoms with van der Waals surface area (Å²) < 4.78 is 12.9. The minimum atomic E-state index is -0.467. The molecular formula is C17H13ClFN5O2S. The number of nitrogens with zero attached hydrogens (tertiary/aromatic N) is 2. The van der Waals surface area contributed by atoms with Crippen LogP contribution < -0.4 is 16.0 Å². The van der Waals surface area contributed by atoms with Crippen molar-refractivity contribution in [2.24, 2.45) is 0 Å². The molecule has 138 valence electrons. The number of para-hydroxylation sites is 1. The number of urea groups is 1. The first kappa shape index (κ1) is 18.7. The van der Waals surface area contributed by atoms with E-state index in [9.17, 15) is 14.0 Å². The van der Waals surface area contributed by atoms with E-state index >= 15 is 0 Å². The second-order valence-electron chi connectivity index (χ2n) is 5.25. The molecule has 0 unspecified atom stereocenters. The maximum absolute atomic E-state index is 12.9. The Bertz CT molecular complexity index is 964. The Hall–Kier alpha value is -3.04. The highest BCUT2D eigenvalue weighted by Gasteiger charge is 2.14. The van der Waals surface area contributed by atoms with Gasteiger partial charge in [0, 0.05) is 5.69 Å². The van der Waals surface area contributed by atoms with Gasteiger partial charge in [0.15, 0.2) is 0 Å². The lowest BCUT2D eigenvalue weighted by molar-refractivity contribution is 0.102. The maximum atomic E-state index is 12.9. The number of aromatic nitrogens is 2. The first-order valence-electron chi connectivity index (χ1n) is 7.70. The average molecular weight is 406 g/mol. The van der Waals surface area contributed by atoms with Gasteiger partial charge in [0.05, 0.1) is 17.3 Å². The summed E-state index contributed by atoms with van der Waals surface area (Å²) in [5.74, 6) is -0.863. The highest BCUT2D eigenvalue weighted by Crippen LogP contribution is 2.20. The molecule has 0 aliphatic rings. The third kappa shape index (κ3) is 5.22. The van der Waals surface area contributed by atoms with Gasteiger partial charge >= 0.3 is 6.03 Å². The van der Waals surface area contributed by atoms with E-state index in [4.69, 9.17) is 11.6 Å². The van der Waals surface area contributed by atoms with Gasteiger partial charge < -0.3 is 16.0 Å². The standard InChI is InChI=1S/C17H13ClFN5O2S/c18-12-3-1-2-4-13(12)22-17(26)20-9-14-23-24-16(27-14)15(25)21-11-7-5-10(19)6-8-11/h1-8H,9H2,(H,21,25)(H2,20,22,26). The summed E-state index contributed by atoms with van der Waals surface area (Å²) in [4.78, 5) is 24.0. The molecule has 0 aliphatic carbocycles. The van der Waals surface area contributed by atoms with E-state index in [1.54, 1.807) is 24.3 Å². The van der Waals surface area contributed by atoms with Crippen molar-refractivity contribution in [3.8, 4) is 0 Å². The fourth-order valence-electron chi connectivity index (χ4n) is 2.02. The molecule has 2 aromatic carbocycles. The lowest BCUT2D eigenvalue weighted by Crippen LogP contribution is -2.28. The second kappa shape index (κ2) is 8.56. The van der Waals surface area contributed by atoms with Gasteiger partial charge in [0.25, 0.3) is 5.91 Å². The number of anilines is 2. The Morgan fingerprint density at radius 2 is 1.78 bits per heavy atom. The van der Waals surface area contributed by atoms with Crippen LogP contribution in [0.3, 0.4) is 0 Å². The monoisotopic (exact) mass is 405 g/mol. The molecule has 0 atom stereocenters. The molecule has 1 heterocycles. The molecule has 0 aliphatic heterocycles. The summed E-state index contributed by atoms with van der Waals surface area (Å²) in [6.45, 7) is 0.0950. The van der Waals surface area contributed by atoms with Crippen LogP contribution in [0, 0.1) is 5.82 Å². The van der Waals surface area contributed by atoms with Crippen molar-refractivity contribution in [1.29, 1.82) is 0 Å². The molecule has 0 radical (unpaired) electrons. The fourth-order valence-corrected chi connectivity index (χ4v) is 2.88. The normalized spacial score (nSPS) is 10.3. The lowest BCUT2D eigenvalue weighted by atomic mass is 10.3. The van der Waals surface area contributed by atoms with Gasteiger partial charge in [0.2, 0.25) is 5.01 Å². The van der Waals surface area contributed by atoms with E-state index < -0.39 is 17.8 Å². The fraction of sp³-hybridized carbons (Fsp3) is 0.0588. The van der Waals surface area contributed by atoms with Gasteiger partial charge in [-0.25, -0.2) is 9.18 Å². The molecule has 0 saturated heterocycles. The van der Waals surface area contributed by atoms with Crippen molar-refractivity contribution in [3.63, 3.8) is 0 Å². The number of benzene rings is 2. The third-order valence-corrected chi connectivity index (χ3v) is 4.54. The van der Waals surface area contributed by atoms with Gasteiger partial charge in [-0.2, -0.15) is 0 Å². The summed E-state index contributed by atoms with van der Waals surface area (Å²) in [7, 11) is 0. The Labute approximate surface area is 162 Å². The van der Waals surface area contributed by atoms with E-state index in [2.05, 4.69) is 26.1 Å². The minimum Gasteiger partial charge on any atom is -0.331 e. The van der Waals surface area contributed by atoms with Crippen molar-refractivity contribution in [1.82, 2.24) is 15.5 Å². The molecule has 0 fully saturated rings. The molecule has 3 amide bonds. The van der Waals surface area contributed by atoms with E-state index in [1.165, 1.54) is 24.3 Å². The summed E-state index contributed by atoms with van der Waals surface area (Å²) >= 11 is 7.01. The quantitative estimate of drug-likeness (QED) is 0.599. The van der Waals surface area contributed by atoms with Crippen LogP contribution in [-0.2, 0) is 6.54 Å². The molecular weight excluding hydrogens is 393 g/mol. The van der Waals surface area contributed by atoms with E-state index in [-0.39, 0.29) is 11.6 Å². The van der Waals surface area contributed by atoms with Gasteiger partial charge in [-0.3, -0.25) is 4.79 Å². The molecule has 7 nitrogen and oxygen atoms in total. The van der Waals surface area contributed by atoms with Crippen LogP contribution in [-0.4, -0.2) is 22.1 Å². The molecule has 27 heavy (non-hydrogen) atoms. The Kier molecular flexibility index (Phi) is 5.94. The zero-order chi connectivity index (χ0) is 19.2. The van der Waals surface area contributed by atoms with Crippen LogP contribution in [0.1, 0.15) is 14.8 Å². The molecule has 3 rings (SSSR count). The van der Waals surface area contributed by atoms with Crippen molar-refractivity contribution in [2.45, 2.75) is 6.54 Å². The molecule has 3 N–H and O–H groups in total. The topological polar surface area (TPSA) is 96.0 Å². The Balaban J connectivity index is 1.53. The van der Waals surface area contributed by atoms with Crippen molar-refractivity contribution in [3.05, 3.63) is 69.4 Å². The lowest BCUT2D eigenvalue weighted by Gasteiger charge is -2.07. The smallest absolute Gasteiger partial charge is 0.319 e. The first-order valence-corrected chi connectivity index (χ1v) is 8.89. The summed E-state index contributed by atoms with van der Waals surface area (Å²) in [6, 6.07) is 11.7. The predicted molar refractivity (Wildman–Crippen MR) is 102 cm³/mol. The minimum absolute atomic E-state index is 0.0950. The van der Waals surface area contributed by atoms with Gasteiger partial charge in [-0.1, -0.05) is 35.1 Å². The largest absolute Gasteiger partial charge is 0.331 e. The molecule has 3 aromatic rings. The van der Waals surface area contributed by atoms with Crippen LogP contribution in [0.5, 0.6) is 0 Å². The molecule has 10 heteroatoms. The maximum Gasteiger partial charge on any atom is 0.319 e. The SMILES string of the molecule is O=C(NCc1nnc(C(=O)Nc2ccc(F)cc2)s1)Nc1ccccc1Cl. The van der Waals surface area contributed by atoms with Crippen LogP contribution in [0.2, 0.25) is 5.02 Å². The second-order valence-corrected chi connectivity index (χ2v) is 6.72. The average Bonchev–Trinajstić information content (AvgIpc) is 3.13. The number of hydrogen-bond donors (Lipinski definition) is 3. The van der Waals surface area contributed by atoms with E-state index in [0.717, 1.165) is 11.3 Å². The summed E-state index contributed by atoms with van der Waals surface area (Å²) in [5, 5.41) is 16.5. The number of carbonyl (C=O) groups excluding carboxylic acids is 2. The zero-order valence-corrected chi connectivity index (χ0v) is 15.3. The van der Waals surface area contributed by atoms with E-state index in [1.807, 2.05) is 0 Å². The number of carbonyl (C=O) groups is 2. The molecule has 0 saturated carbocycles. The van der Waals surface area contributed by atoms with Crippen LogP contribution in [0.4, 0.5) is 20.6 Å².